The lowest BCUT2D eigenvalue weighted by molar-refractivity contribution is 0.602. The van der Waals surface area contributed by atoms with Crippen molar-refractivity contribution in [1.29, 1.82) is 0 Å². The highest BCUT2D eigenvalue weighted by Gasteiger charge is 2.10. The Morgan fingerprint density at radius 2 is 2.00 bits per heavy atom. The second-order valence-electron chi connectivity index (χ2n) is 3.65. The Hall–Kier alpha value is -1.49. The normalized spacial score (nSPS) is 12.1. The molecular weight excluding hydrogens is 212 g/mol. The van der Waals surface area contributed by atoms with Gasteiger partial charge in [0.1, 0.15) is 0 Å². The zero-order valence-corrected chi connectivity index (χ0v) is 9.38. The number of hydrogen-bond acceptors (Lipinski definition) is 3. The SMILES string of the molecule is Cn1cc(N)c2ccc(S(C)(=O)=O)cc21. The van der Waals surface area contributed by atoms with E-state index in [1.54, 1.807) is 24.4 Å². The maximum Gasteiger partial charge on any atom is 0.175 e. The molecule has 2 N–H and O–H groups in total. The van der Waals surface area contributed by atoms with Crippen LogP contribution in [-0.4, -0.2) is 19.2 Å². The molecule has 0 fully saturated rings. The smallest absolute Gasteiger partial charge is 0.175 e. The Morgan fingerprint density at radius 1 is 1.33 bits per heavy atom. The number of aryl methyl sites for hydroxylation is 1. The summed E-state index contributed by atoms with van der Waals surface area (Å²) in [4.78, 5) is 0.316. The fourth-order valence-electron chi connectivity index (χ4n) is 1.63. The van der Waals surface area contributed by atoms with Crippen LogP contribution >= 0.6 is 0 Å². The summed E-state index contributed by atoms with van der Waals surface area (Å²) in [7, 11) is -1.32. The Morgan fingerprint density at radius 3 is 2.60 bits per heavy atom. The summed E-state index contributed by atoms with van der Waals surface area (Å²) in [5.41, 5.74) is 7.25. The van der Waals surface area contributed by atoms with Crippen LogP contribution in [0.1, 0.15) is 0 Å². The van der Waals surface area contributed by atoms with Gasteiger partial charge in [0, 0.05) is 24.9 Å². The Bertz CT molecular complexity index is 626. The van der Waals surface area contributed by atoms with Crippen LogP contribution < -0.4 is 5.73 Å². The number of aromatic nitrogens is 1. The average Bonchev–Trinajstić information content (AvgIpc) is 2.41. The second-order valence-corrected chi connectivity index (χ2v) is 5.66. The zero-order valence-electron chi connectivity index (χ0n) is 8.56. The molecular formula is C10H12N2O2S. The van der Waals surface area contributed by atoms with Gasteiger partial charge in [0.05, 0.1) is 16.1 Å². The maximum atomic E-state index is 11.4. The van der Waals surface area contributed by atoms with E-state index in [1.165, 1.54) is 6.26 Å². The summed E-state index contributed by atoms with van der Waals surface area (Å²) in [5.74, 6) is 0. The fourth-order valence-corrected chi connectivity index (χ4v) is 2.27. The molecule has 0 saturated carbocycles. The van der Waals surface area contributed by atoms with Gasteiger partial charge in [0.25, 0.3) is 0 Å². The van der Waals surface area contributed by atoms with Crippen LogP contribution in [0.5, 0.6) is 0 Å². The van der Waals surface area contributed by atoms with Gasteiger partial charge in [0.15, 0.2) is 9.84 Å². The second kappa shape index (κ2) is 3.00. The highest BCUT2D eigenvalue weighted by atomic mass is 32.2. The van der Waals surface area contributed by atoms with E-state index in [4.69, 9.17) is 5.73 Å². The van der Waals surface area contributed by atoms with E-state index < -0.39 is 9.84 Å². The van der Waals surface area contributed by atoms with Gasteiger partial charge >= 0.3 is 0 Å². The topological polar surface area (TPSA) is 65.1 Å². The van der Waals surface area contributed by atoms with Gasteiger partial charge in [-0.1, -0.05) is 0 Å². The lowest BCUT2D eigenvalue weighted by Crippen LogP contribution is -1.97. The van der Waals surface area contributed by atoms with Crippen molar-refractivity contribution in [3.05, 3.63) is 24.4 Å². The highest BCUT2D eigenvalue weighted by Crippen LogP contribution is 2.25. The molecule has 0 atom stereocenters. The van der Waals surface area contributed by atoms with Gasteiger partial charge in [-0.15, -0.1) is 0 Å². The van der Waals surface area contributed by atoms with Gasteiger partial charge in [-0.2, -0.15) is 0 Å². The van der Waals surface area contributed by atoms with Crippen molar-refractivity contribution in [3.8, 4) is 0 Å². The fraction of sp³-hybridized carbons (Fsp3) is 0.200. The largest absolute Gasteiger partial charge is 0.397 e. The third-order valence-electron chi connectivity index (χ3n) is 2.42. The van der Waals surface area contributed by atoms with Gasteiger partial charge in [0.2, 0.25) is 0 Å². The molecule has 0 saturated heterocycles. The van der Waals surface area contributed by atoms with Crippen molar-refractivity contribution in [3.63, 3.8) is 0 Å². The molecule has 0 spiro atoms. The average molecular weight is 224 g/mol. The summed E-state index contributed by atoms with van der Waals surface area (Å²) in [5, 5.41) is 0.880. The number of hydrogen-bond donors (Lipinski definition) is 1. The van der Waals surface area contributed by atoms with Crippen LogP contribution in [0.15, 0.2) is 29.3 Å². The van der Waals surface area contributed by atoms with Gasteiger partial charge in [-0.05, 0) is 18.2 Å². The molecule has 1 aromatic heterocycles. The molecule has 0 unspecified atom stereocenters. The molecule has 1 aromatic carbocycles. The Labute approximate surface area is 88.2 Å². The van der Waals surface area contributed by atoms with Crippen LogP contribution in [0.4, 0.5) is 5.69 Å². The molecule has 5 heteroatoms. The van der Waals surface area contributed by atoms with E-state index >= 15 is 0 Å². The first-order valence-electron chi connectivity index (χ1n) is 4.44. The predicted octanol–water partition coefficient (Wildman–Crippen LogP) is 1.16. The minimum atomic E-state index is -3.16. The summed E-state index contributed by atoms with van der Waals surface area (Å²) in [6, 6.07) is 4.95. The van der Waals surface area contributed by atoms with E-state index in [0.717, 1.165) is 10.9 Å². The van der Waals surface area contributed by atoms with Gasteiger partial charge < -0.3 is 10.3 Å². The molecule has 0 aliphatic rings. The summed E-state index contributed by atoms with van der Waals surface area (Å²) in [6.07, 6.45) is 2.97. The van der Waals surface area contributed by atoms with Crippen molar-refractivity contribution in [2.45, 2.75) is 4.90 Å². The van der Waals surface area contributed by atoms with E-state index in [2.05, 4.69) is 0 Å². The molecule has 2 rings (SSSR count). The monoisotopic (exact) mass is 224 g/mol. The van der Waals surface area contributed by atoms with Crippen LogP contribution in [0.3, 0.4) is 0 Å². The third-order valence-corrected chi connectivity index (χ3v) is 3.53. The van der Waals surface area contributed by atoms with E-state index in [-0.39, 0.29) is 0 Å². The molecule has 80 valence electrons. The number of nitrogens with two attached hydrogens (primary N) is 1. The van der Waals surface area contributed by atoms with Crippen LogP contribution in [0.2, 0.25) is 0 Å². The van der Waals surface area contributed by atoms with Gasteiger partial charge in [-0.25, -0.2) is 8.42 Å². The first-order valence-corrected chi connectivity index (χ1v) is 6.33. The lowest BCUT2D eigenvalue weighted by Gasteiger charge is -2.00. The number of nitrogen functional groups attached to an aromatic ring is 1. The number of nitrogens with zero attached hydrogens (tertiary/aromatic N) is 1. The highest BCUT2D eigenvalue weighted by molar-refractivity contribution is 7.90. The van der Waals surface area contributed by atoms with Crippen molar-refractivity contribution in [2.75, 3.05) is 12.0 Å². The molecule has 15 heavy (non-hydrogen) atoms. The first-order chi connectivity index (χ1) is 6.89. The van der Waals surface area contributed by atoms with Crippen molar-refractivity contribution in [2.24, 2.45) is 7.05 Å². The molecule has 2 aromatic rings. The van der Waals surface area contributed by atoms with E-state index in [1.807, 2.05) is 11.6 Å². The van der Waals surface area contributed by atoms with Crippen LogP contribution in [0, 0.1) is 0 Å². The van der Waals surface area contributed by atoms with Crippen LogP contribution in [0.25, 0.3) is 10.9 Å². The summed E-state index contributed by atoms with van der Waals surface area (Å²) >= 11 is 0. The molecule has 1 heterocycles. The standard InChI is InChI=1S/C10H12N2O2S/c1-12-6-9(11)8-4-3-7(5-10(8)12)15(2,13)14/h3-6H,11H2,1-2H3. The minimum absolute atomic E-state index is 0.316. The van der Waals surface area contributed by atoms with E-state index in [9.17, 15) is 8.42 Å². The molecule has 0 aliphatic heterocycles. The maximum absolute atomic E-state index is 11.4. The van der Waals surface area contributed by atoms with E-state index in [0.29, 0.717) is 10.6 Å². The summed E-state index contributed by atoms with van der Waals surface area (Å²) < 4.78 is 24.5. The number of fused-ring (bicyclic) bond motifs is 1. The quantitative estimate of drug-likeness (QED) is 0.790. The zero-order chi connectivity index (χ0) is 11.2. The van der Waals surface area contributed by atoms with Gasteiger partial charge in [-0.3, -0.25) is 0 Å². The van der Waals surface area contributed by atoms with Crippen molar-refractivity contribution in [1.82, 2.24) is 4.57 Å². The molecule has 0 amide bonds. The molecule has 4 nitrogen and oxygen atoms in total. The predicted molar refractivity (Wildman–Crippen MR) is 60.4 cm³/mol. The first kappa shape index (κ1) is 10.0. The Balaban J connectivity index is 2.82. The molecule has 0 aliphatic carbocycles. The van der Waals surface area contributed by atoms with Crippen LogP contribution in [-0.2, 0) is 16.9 Å². The van der Waals surface area contributed by atoms with Crippen molar-refractivity contribution >= 4 is 26.4 Å². The summed E-state index contributed by atoms with van der Waals surface area (Å²) in [6.45, 7) is 0. The number of sulfone groups is 1. The third kappa shape index (κ3) is 1.59. The minimum Gasteiger partial charge on any atom is -0.397 e. The number of anilines is 1. The number of benzene rings is 1. The lowest BCUT2D eigenvalue weighted by atomic mass is 10.2. The molecule has 0 radical (unpaired) electrons. The molecule has 0 bridgehead atoms. The van der Waals surface area contributed by atoms with Crippen molar-refractivity contribution < 1.29 is 8.42 Å². The number of rotatable bonds is 1. The Kier molecular flexibility index (Phi) is 2.01.